The number of piperazine rings is 1. The first-order valence-electron chi connectivity index (χ1n) is 9.91. The van der Waals surface area contributed by atoms with Gasteiger partial charge in [0.05, 0.1) is 18.8 Å². The molecule has 4 rings (SSSR count). The summed E-state index contributed by atoms with van der Waals surface area (Å²) in [5, 5.41) is 10.5. The minimum atomic E-state index is -0.460. The van der Waals surface area contributed by atoms with E-state index in [-0.39, 0.29) is 6.10 Å². The fourth-order valence-electron chi connectivity index (χ4n) is 4.05. The molecule has 2 aliphatic rings. The number of benzene rings is 1. The molecule has 0 amide bonds. The van der Waals surface area contributed by atoms with Crippen molar-refractivity contribution in [3.05, 3.63) is 53.9 Å². The molecule has 1 aliphatic carbocycles. The molecule has 2 aromatic rings. The molecule has 2 heterocycles. The van der Waals surface area contributed by atoms with Crippen LogP contribution in [0.3, 0.4) is 0 Å². The maximum Gasteiger partial charge on any atom is 0.225 e. The van der Waals surface area contributed by atoms with E-state index >= 15 is 0 Å². The topological polar surface area (TPSA) is 61.7 Å². The quantitative estimate of drug-likeness (QED) is 0.842. The van der Waals surface area contributed by atoms with Crippen LogP contribution in [0, 0.1) is 0 Å². The van der Waals surface area contributed by atoms with Gasteiger partial charge in [0.25, 0.3) is 0 Å². The Morgan fingerprint density at radius 1 is 1.07 bits per heavy atom. The summed E-state index contributed by atoms with van der Waals surface area (Å²) in [5.41, 5.74) is 2.69. The molecule has 0 radical (unpaired) electrons. The van der Waals surface area contributed by atoms with Crippen LogP contribution in [0.25, 0.3) is 0 Å². The third kappa shape index (κ3) is 4.64. The van der Waals surface area contributed by atoms with Crippen molar-refractivity contribution >= 4 is 5.95 Å². The lowest BCUT2D eigenvalue weighted by molar-refractivity contribution is -0.0285. The molecule has 1 saturated heterocycles. The Bertz CT molecular complexity index is 719. The average molecular weight is 368 g/mol. The van der Waals surface area contributed by atoms with E-state index in [1.165, 1.54) is 11.1 Å². The molecule has 0 unspecified atom stereocenters. The molecule has 0 saturated carbocycles. The number of ether oxygens (including phenoxy) is 1. The van der Waals surface area contributed by atoms with Crippen LogP contribution in [-0.2, 0) is 11.2 Å². The Morgan fingerprint density at radius 2 is 1.85 bits per heavy atom. The van der Waals surface area contributed by atoms with Crippen LogP contribution in [-0.4, -0.2) is 65.4 Å². The monoisotopic (exact) mass is 368 g/mol. The Labute approximate surface area is 160 Å². The number of anilines is 1. The van der Waals surface area contributed by atoms with Crippen LogP contribution in [0.5, 0.6) is 0 Å². The summed E-state index contributed by atoms with van der Waals surface area (Å²) in [6, 6.07) is 10.4. The van der Waals surface area contributed by atoms with Crippen molar-refractivity contribution in [2.24, 2.45) is 0 Å². The van der Waals surface area contributed by atoms with Gasteiger partial charge in [-0.05, 0) is 36.5 Å². The van der Waals surface area contributed by atoms with E-state index in [9.17, 15) is 5.11 Å². The first kappa shape index (κ1) is 18.3. The van der Waals surface area contributed by atoms with Crippen LogP contribution in [0.4, 0.5) is 5.95 Å². The van der Waals surface area contributed by atoms with Crippen molar-refractivity contribution in [3.63, 3.8) is 0 Å². The van der Waals surface area contributed by atoms with Crippen LogP contribution < -0.4 is 4.90 Å². The number of hydrogen-bond acceptors (Lipinski definition) is 6. The highest BCUT2D eigenvalue weighted by atomic mass is 16.5. The van der Waals surface area contributed by atoms with Crippen molar-refractivity contribution in [2.45, 2.75) is 31.5 Å². The Hall–Kier alpha value is -2.02. The third-order valence-electron chi connectivity index (χ3n) is 5.48. The van der Waals surface area contributed by atoms with Crippen LogP contribution >= 0.6 is 0 Å². The van der Waals surface area contributed by atoms with Gasteiger partial charge in [-0.3, -0.25) is 4.90 Å². The molecule has 0 bridgehead atoms. The van der Waals surface area contributed by atoms with Gasteiger partial charge < -0.3 is 14.7 Å². The lowest BCUT2D eigenvalue weighted by Gasteiger charge is -2.35. The third-order valence-corrected chi connectivity index (χ3v) is 5.48. The van der Waals surface area contributed by atoms with Gasteiger partial charge in [-0.25, -0.2) is 9.97 Å². The van der Waals surface area contributed by atoms with Crippen molar-refractivity contribution in [1.29, 1.82) is 0 Å². The summed E-state index contributed by atoms with van der Waals surface area (Å²) >= 11 is 0. The van der Waals surface area contributed by atoms with Gasteiger partial charge in [0.2, 0.25) is 5.95 Å². The summed E-state index contributed by atoms with van der Waals surface area (Å²) in [6.07, 6.45) is 6.54. The van der Waals surface area contributed by atoms with Crippen LogP contribution in [0.1, 0.15) is 30.1 Å². The molecule has 0 spiro atoms. The predicted octanol–water partition coefficient (Wildman–Crippen LogP) is 2.05. The normalized spacial score (nSPS) is 21.7. The zero-order valence-electron chi connectivity index (χ0n) is 15.7. The number of hydrogen-bond donors (Lipinski definition) is 1. The second kappa shape index (κ2) is 8.78. The number of β-amino-alcohol motifs (C(OH)–C–C–N with tert-alkyl or cyclic N) is 1. The highest BCUT2D eigenvalue weighted by Crippen LogP contribution is 2.32. The number of aryl methyl sites for hydroxylation is 1. The molecule has 1 aromatic heterocycles. The van der Waals surface area contributed by atoms with E-state index in [0.29, 0.717) is 13.2 Å². The molecule has 2 atom stereocenters. The number of nitrogens with zero attached hydrogens (tertiary/aromatic N) is 4. The maximum atomic E-state index is 10.5. The van der Waals surface area contributed by atoms with Crippen LogP contribution in [0.2, 0.25) is 0 Å². The van der Waals surface area contributed by atoms with Gasteiger partial charge in [0.15, 0.2) is 0 Å². The average Bonchev–Trinajstić information content (AvgIpc) is 2.73. The molecule has 27 heavy (non-hydrogen) atoms. The fraction of sp³-hybridized carbons (Fsp3) is 0.524. The standard InChI is InChI=1S/C21H28N4O2/c26-18(16-27-20-8-3-6-17-5-1-2-7-19(17)20)15-24-11-13-25(14-12-24)21-22-9-4-10-23-21/h1-2,4-5,7,9-10,18,20,26H,3,6,8,11-16H2/t18-,20+/m1/s1. The van der Waals surface area contributed by atoms with Crippen molar-refractivity contribution < 1.29 is 9.84 Å². The number of aliphatic hydroxyl groups is 1. The van der Waals surface area contributed by atoms with Gasteiger partial charge in [-0.2, -0.15) is 0 Å². The van der Waals surface area contributed by atoms with E-state index < -0.39 is 6.10 Å². The van der Waals surface area contributed by atoms with E-state index in [2.05, 4.69) is 44.0 Å². The molecule has 144 valence electrons. The maximum absolute atomic E-state index is 10.5. The smallest absolute Gasteiger partial charge is 0.225 e. The Balaban J connectivity index is 1.22. The van der Waals surface area contributed by atoms with E-state index in [4.69, 9.17) is 4.74 Å². The molecule has 1 aliphatic heterocycles. The van der Waals surface area contributed by atoms with Crippen molar-refractivity contribution in [3.8, 4) is 0 Å². The highest BCUT2D eigenvalue weighted by molar-refractivity contribution is 5.31. The molecule has 1 aromatic carbocycles. The zero-order chi connectivity index (χ0) is 18.5. The first-order valence-corrected chi connectivity index (χ1v) is 9.91. The number of rotatable bonds is 6. The van der Waals surface area contributed by atoms with Crippen LogP contribution in [0.15, 0.2) is 42.7 Å². The van der Waals surface area contributed by atoms with Crippen molar-refractivity contribution in [2.75, 3.05) is 44.2 Å². The minimum absolute atomic E-state index is 0.122. The fourth-order valence-corrected chi connectivity index (χ4v) is 4.05. The summed E-state index contributed by atoms with van der Waals surface area (Å²) < 4.78 is 6.10. The number of aliphatic hydroxyl groups excluding tert-OH is 1. The van der Waals surface area contributed by atoms with Gasteiger partial charge >= 0.3 is 0 Å². The number of aromatic nitrogens is 2. The number of fused-ring (bicyclic) bond motifs is 1. The second-order valence-corrected chi connectivity index (χ2v) is 7.40. The summed E-state index contributed by atoms with van der Waals surface area (Å²) in [6.45, 7) is 4.61. The molecule has 1 fully saturated rings. The van der Waals surface area contributed by atoms with Gasteiger partial charge in [-0.1, -0.05) is 24.3 Å². The Kier molecular flexibility index (Phi) is 5.97. The SMILES string of the molecule is O[C@@H](CO[C@H]1CCCc2ccccc21)CN1CCN(c2ncccn2)CC1. The lowest BCUT2D eigenvalue weighted by atomic mass is 9.89. The molecular formula is C21H28N4O2. The lowest BCUT2D eigenvalue weighted by Crippen LogP contribution is -2.49. The molecular weight excluding hydrogens is 340 g/mol. The second-order valence-electron chi connectivity index (χ2n) is 7.40. The predicted molar refractivity (Wildman–Crippen MR) is 105 cm³/mol. The molecule has 6 heteroatoms. The van der Waals surface area contributed by atoms with E-state index in [1.807, 2.05) is 6.07 Å². The van der Waals surface area contributed by atoms with E-state index in [1.54, 1.807) is 12.4 Å². The zero-order valence-corrected chi connectivity index (χ0v) is 15.7. The summed E-state index contributed by atoms with van der Waals surface area (Å²) in [4.78, 5) is 13.1. The Morgan fingerprint density at radius 3 is 2.67 bits per heavy atom. The highest BCUT2D eigenvalue weighted by Gasteiger charge is 2.23. The minimum Gasteiger partial charge on any atom is -0.389 e. The first-order chi connectivity index (χ1) is 13.3. The molecule has 1 N–H and O–H groups in total. The van der Waals surface area contributed by atoms with Gasteiger partial charge in [0, 0.05) is 45.1 Å². The summed E-state index contributed by atoms with van der Waals surface area (Å²) in [7, 11) is 0. The largest absolute Gasteiger partial charge is 0.389 e. The van der Waals surface area contributed by atoms with Crippen molar-refractivity contribution in [1.82, 2.24) is 14.9 Å². The van der Waals surface area contributed by atoms with E-state index in [0.717, 1.165) is 51.4 Å². The summed E-state index contributed by atoms with van der Waals surface area (Å²) in [5.74, 6) is 0.789. The molecule has 6 nitrogen and oxygen atoms in total. The van der Waals surface area contributed by atoms with Gasteiger partial charge in [-0.15, -0.1) is 0 Å². The van der Waals surface area contributed by atoms with Gasteiger partial charge in [0.1, 0.15) is 0 Å².